The maximum Gasteiger partial charge on any atom is 0.334 e. The monoisotopic (exact) mass is 278 g/mol. The molecule has 0 aromatic heterocycles. The Bertz CT molecular complexity index is 508. The second kappa shape index (κ2) is 4.53. The number of rotatable bonds is 1. The number of carbonyl (C=O) groups excluding carboxylic acids is 2. The zero-order chi connectivity index (χ0) is 14.5. The number of fused-ring (bicyclic) bond motifs is 2. The van der Waals surface area contributed by atoms with Crippen molar-refractivity contribution in [1.29, 1.82) is 0 Å². The number of hydrogen-bond donors (Lipinski definition) is 1. The summed E-state index contributed by atoms with van der Waals surface area (Å²) in [4.78, 5) is 22.8. The second-order valence-electron chi connectivity index (χ2n) is 5.98. The normalized spacial score (nSPS) is 46.6. The zero-order valence-electron chi connectivity index (χ0n) is 11.4. The molecule has 108 valence electrons. The minimum atomic E-state index is -0.824. The van der Waals surface area contributed by atoms with Gasteiger partial charge in [-0.25, -0.2) is 4.79 Å². The molecule has 2 fully saturated rings. The summed E-state index contributed by atoms with van der Waals surface area (Å²) in [7, 11) is 0. The Hall–Kier alpha value is -1.46. The summed E-state index contributed by atoms with van der Waals surface area (Å²) >= 11 is 0. The summed E-state index contributed by atoms with van der Waals surface area (Å²) in [5.74, 6) is -0.998. The molecule has 5 nitrogen and oxygen atoms in total. The summed E-state index contributed by atoms with van der Waals surface area (Å²) in [5, 5.41) is 10.5. The van der Waals surface area contributed by atoms with Gasteiger partial charge in [-0.15, -0.1) is 0 Å². The second-order valence-corrected chi connectivity index (χ2v) is 5.98. The molecule has 5 heteroatoms. The first-order chi connectivity index (χ1) is 9.46. The van der Waals surface area contributed by atoms with E-state index in [1.165, 1.54) is 0 Å². The van der Waals surface area contributed by atoms with E-state index in [-0.39, 0.29) is 11.7 Å². The largest absolute Gasteiger partial charge is 0.458 e. The highest BCUT2D eigenvalue weighted by Gasteiger charge is 2.60. The van der Waals surface area contributed by atoms with Gasteiger partial charge in [0, 0.05) is 12.0 Å². The summed E-state index contributed by atoms with van der Waals surface area (Å²) in [6, 6.07) is 0. The quantitative estimate of drug-likeness (QED) is 0.334. The molecule has 5 atom stereocenters. The van der Waals surface area contributed by atoms with Crippen LogP contribution in [0.1, 0.15) is 26.2 Å². The molecule has 0 saturated carbocycles. The third-order valence-corrected chi connectivity index (χ3v) is 4.58. The van der Waals surface area contributed by atoms with Crippen molar-refractivity contribution in [2.24, 2.45) is 5.92 Å². The van der Waals surface area contributed by atoms with Crippen molar-refractivity contribution in [3.63, 3.8) is 0 Å². The lowest BCUT2D eigenvalue weighted by molar-refractivity contribution is -0.139. The first-order valence-electron chi connectivity index (χ1n) is 6.86. The van der Waals surface area contributed by atoms with Crippen LogP contribution >= 0.6 is 0 Å². The SMILES string of the molecule is C=C1C(=O)O[C@@H]2C/C(C=O)=C\CC[C@@]3(C)O[C@H]3[C@@H](O)[C@H]12. The topological polar surface area (TPSA) is 76.1 Å². The van der Waals surface area contributed by atoms with Crippen LogP contribution in [0.5, 0.6) is 0 Å². The summed E-state index contributed by atoms with van der Waals surface area (Å²) in [6.07, 6.45) is 2.76. The maximum atomic E-state index is 11.7. The van der Waals surface area contributed by atoms with Crippen molar-refractivity contribution in [2.45, 2.75) is 50.1 Å². The third kappa shape index (κ3) is 2.01. The number of allylic oxidation sites excluding steroid dienone is 1. The number of aliphatic hydroxyl groups excluding tert-OH is 1. The molecule has 0 aromatic carbocycles. The Kier molecular flexibility index (Phi) is 3.06. The Morgan fingerprint density at radius 1 is 1.55 bits per heavy atom. The molecule has 0 unspecified atom stereocenters. The molecule has 2 aliphatic heterocycles. The minimum absolute atomic E-state index is 0.270. The van der Waals surface area contributed by atoms with Crippen molar-refractivity contribution in [3.05, 3.63) is 23.8 Å². The molecule has 2 heterocycles. The van der Waals surface area contributed by atoms with E-state index in [1.54, 1.807) is 0 Å². The Morgan fingerprint density at radius 2 is 2.30 bits per heavy atom. The molecule has 0 aromatic rings. The zero-order valence-corrected chi connectivity index (χ0v) is 11.4. The lowest BCUT2D eigenvalue weighted by atomic mass is 9.82. The molecule has 20 heavy (non-hydrogen) atoms. The van der Waals surface area contributed by atoms with Gasteiger partial charge in [-0.2, -0.15) is 0 Å². The van der Waals surface area contributed by atoms with Crippen LogP contribution in [0.2, 0.25) is 0 Å². The smallest absolute Gasteiger partial charge is 0.334 e. The lowest BCUT2D eigenvalue weighted by Crippen LogP contribution is -2.36. The number of esters is 1. The Balaban J connectivity index is 1.94. The van der Waals surface area contributed by atoms with Crippen molar-refractivity contribution < 1.29 is 24.2 Å². The van der Waals surface area contributed by atoms with Gasteiger partial charge in [0.2, 0.25) is 0 Å². The average molecular weight is 278 g/mol. The van der Waals surface area contributed by atoms with Crippen molar-refractivity contribution >= 4 is 12.3 Å². The van der Waals surface area contributed by atoms with Gasteiger partial charge >= 0.3 is 5.97 Å². The highest BCUT2D eigenvalue weighted by Crippen LogP contribution is 2.48. The molecule has 0 spiro atoms. The van der Waals surface area contributed by atoms with E-state index < -0.39 is 29.7 Å². The predicted octanol–water partition coefficient (Wildman–Crippen LogP) is 0.912. The van der Waals surface area contributed by atoms with Crippen LogP contribution in [-0.2, 0) is 19.1 Å². The fraction of sp³-hybridized carbons (Fsp3) is 0.600. The summed E-state index contributed by atoms with van der Waals surface area (Å²) in [5.41, 5.74) is 0.473. The number of aliphatic hydroxyl groups is 1. The van der Waals surface area contributed by atoms with Gasteiger partial charge in [0.25, 0.3) is 0 Å². The molecule has 0 radical (unpaired) electrons. The molecule has 1 N–H and O–H groups in total. The molecule has 2 saturated heterocycles. The number of ether oxygens (including phenoxy) is 2. The fourth-order valence-electron chi connectivity index (χ4n) is 3.27. The van der Waals surface area contributed by atoms with E-state index in [9.17, 15) is 14.7 Å². The molecule has 1 aliphatic carbocycles. The average Bonchev–Trinajstić information content (AvgIpc) is 3.00. The molecule has 3 rings (SSSR count). The summed E-state index contributed by atoms with van der Waals surface area (Å²) < 4.78 is 10.9. The molecular formula is C15H18O5. The molecule has 0 amide bonds. The number of hydrogen-bond acceptors (Lipinski definition) is 5. The van der Waals surface area contributed by atoms with E-state index in [4.69, 9.17) is 9.47 Å². The highest BCUT2D eigenvalue weighted by atomic mass is 16.6. The van der Waals surface area contributed by atoms with Crippen molar-refractivity contribution in [2.75, 3.05) is 0 Å². The third-order valence-electron chi connectivity index (χ3n) is 4.58. The Labute approximate surface area is 117 Å². The number of epoxide rings is 1. The number of carbonyl (C=O) groups is 2. The van der Waals surface area contributed by atoms with Crippen LogP contribution in [0.4, 0.5) is 0 Å². The van der Waals surface area contributed by atoms with Gasteiger partial charge in [-0.3, -0.25) is 4.79 Å². The van der Waals surface area contributed by atoms with Crippen LogP contribution in [0.15, 0.2) is 23.8 Å². The van der Waals surface area contributed by atoms with Crippen molar-refractivity contribution in [1.82, 2.24) is 0 Å². The van der Waals surface area contributed by atoms with Crippen LogP contribution in [0.3, 0.4) is 0 Å². The van der Waals surface area contributed by atoms with Gasteiger partial charge in [0.15, 0.2) is 0 Å². The van der Waals surface area contributed by atoms with E-state index in [0.29, 0.717) is 18.4 Å². The van der Waals surface area contributed by atoms with Crippen LogP contribution in [0, 0.1) is 5.92 Å². The van der Waals surface area contributed by atoms with Gasteiger partial charge in [-0.1, -0.05) is 12.7 Å². The lowest BCUT2D eigenvalue weighted by Gasteiger charge is -2.23. The predicted molar refractivity (Wildman–Crippen MR) is 69.8 cm³/mol. The van der Waals surface area contributed by atoms with Crippen LogP contribution in [0.25, 0.3) is 0 Å². The minimum Gasteiger partial charge on any atom is -0.458 e. The van der Waals surface area contributed by atoms with Crippen molar-refractivity contribution in [3.8, 4) is 0 Å². The number of aldehydes is 1. The van der Waals surface area contributed by atoms with Gasteiger partial charge in [0.1, 0.15) is 18.5 Å². The van der Waals surface area contributed by atoms with E-state index in [0.717, 1.165) is 12.7 Å². The Morgan fingerprint density at radius 3 is 3.00 bits per heavy atom. The van der Waals surface area contributed by atoms with E-state index in [1.807, 2.05) is 13.0 Å². The first kappa shape index (κ1) is 13.5. The first-order valence-corrected chi connectivity index (χ1v) is 6.86. The van der Waals surface area contributed by atoms with E-state index in [2.05, 4.69) is 6.58 Å². The molecular weight excluding hydrogens is 260 g/mol. The van der Waals surface area contributed by atoms with Gasteiger partial charge < -0.3 is 14.6 Å². The maximum absolute atomic E-state index is 11.7. The standard InChI is InChI=1S/C15H18O5/c1-8-11-10(19-14(8)18)6-9(7-16)4-3-5-15(2)13(20-15)12(11)17/h4,7,10-13,17H,1,3,5-6H2,2H3/b9-4+/t10-,11-,12+,13+,15-/m1/s1. The summed E-state index contributed by atoms with van der Waals surface area (Å²) in [6.45, 7) is 5.66. The molecule has 3 aliphatic rings. The highest BCUT2D eigenvalue weighted by molar-refractivity contribution is 5.91. The molecule has 0 bridgehead atoms. The van der Waals surface area contributed by atoms with Crippen LogP contribution < -0.4 is 0 Å². The van der Waals surface area contributed by atoms with Gasteiger partial charge in [-0.05, 0) is 25.3 Å². The fourth-order valence-corrected chi connectivity index (χ4v) is 3.27. The van der Waals surface area contributed by atoms with Crippen LogP contribution in [-0.4, -0.2) is 41.3 Å². The van der Waals surface area contributed by atoms with Gasteiger partial charge in [0.05, 0.1) is 17.6 Å². The van der Waals surface area contributed by atoms with E-state index >= 15 is 0 Å².